The van der Waals surface area contributed by atoms with Crippen molar-refractivity contribution in [2.75, 3.05) is 33.2 Å². The molecule has 0 aromatic carbocycles. The molecule has 2 rings (SSSR count). The molecular weight excluding hydrogens is 212 g/mol. The lowest BCUT2D eigenvalue weighted by Gasteiger charge is -2.45. The number of nitrogens with zero attached hydrogens (tertiary/aromatic N) is 1. The van der Waals surface area contributed by atoms with Crippen LogP contribution < -0.4 is 5.32 Å². The van der Waals surface area contributed by atoms with Gasteiger partial charge < -0.3 is 15.0 Å². The fourth-order valence-electron chi connectivity index (χ4n) is 2.95. The topological polar surface area (TPSA) is 24.5 Å². The Morgan fingerprint density at radius 2 is 2.00 bits per heavy atom. The van der Waals surface area contributed by atoms with Crippen LogP contribution in [0.5, 0.6) is 0 Å². The molecule has 1 N–H and O–H groups in total. The molecule has 100 valence electrons. The molecule has 1 saturated heterocycles. The third-order valence-electron chi connectivity index (χ3n) is 4.35. The third-order valence-corrected chi connectivity index (χ3v) is 4.35. The minimum absolute atomic E-state index is 0.239. The molecule has 0 aromatic rings. The second kappa shape index (κ2) is 6.17. The van der Waals surface area contributed by atoms with E-state index in [1.165, 1.54) is 51.6 Å². The first-order valence-electron chi connectivity index (χ1n) is 7.31. The van der Waals surface area contributed by atoms with Gasteiger partial charge in [-0.15, -0.1) is 0 Å². The van der Waals surface area contributed by atoms with Gasteiger partial charge in [0, 0.05) is 13.1 Å². The van der Waals surface area contributed by atoms with Crippen molar-refractivity contribution in [2.45, 2.75) is 57.2 Å². The summed E-state index contributed by atoms with van der Waals surface area (Å²) in [6, 6.07) is 0. The maximum Gasteiger partial charge on any atom is 0.0698 e. The molecule has 1 aliphatic carbocycles. The Hall–Kier alpha value is -0.120. The highest BCUT2D eigenvalue weighted by atomic mass is 16.5. The van der Waals surface area contributed by atoms with Gasteiger partial charge in [0.1, 0.15) is 0 Å². The summed E-state index contributed by atoms with van der Waals surface area (Å²) >= 11 is 0. The molecule has 0 amide bonds. The fraction of sp³-hybridized carbons (Fsp3) is 1.00. The summed E-state index contributed by atoms with van der Waals surface area (Å²) in [5, 5.41) is 3.43. The highest BCUT2D eigenvalue weighted by Crippen LogP contribution is 2.40. The number of likely N-dealkylation sites (tertiary alicyclic amines) is 1. The van der Waals surface area contributed by atoms with Crippen LogP contribution in [-0.4, -0.2) is 49.8 Å². The number of hydrogen-bond acceptors (Lipinski definition) is 3. The molecule has 2 fully saturated rings. The van der Waals surface area contributed by atoms with Gasteiger partial charge in [0.2, 0.25) is 0 Å². The Bertz CT molecular complexity index is 220. The standard InChI is InChI=1S/C14H28N2O/c1-3-15-10-9-14(7-4-8-14)17-13-5-11-16(2)12-6-13/h13,15H,3-12H2,1-2H3. The first-order valence-corrected chi connectivity index (χ1v) is 7.31. The van der Waals surface area contributed by atoms with Crippen molar-refractivity contribution in [3.63, 3.8) is 0 Å². The van der Waals surface area contributed by atoms with Crippen LogP contribution in [-0.2, 0) is 4.74 Å². The zero-order valence-corrected chi connectivity index (χ0v) is 11.5. The summed E-state index contributed by atoms with van der Waals surface area (Å²) in [5.41, 5.74) is 0.239. The van der Waals surface area contributed by atoms with Crippen molar-refractivity contribution in [3.8, 4) is 0 Å². The molecule has 1 aliphatic heterocycles. The van der Waals surface area contributed by atoms with Crippen LogP contribution >= 0.6 is 0 Å². The van der Waals surface area contributed by atoms with E-state index in [0.717, 1.165) is 13.1 Å². The number of piperidine rings is 1. The fourth-order valence-corrected chi connectivity index (χ4v) is 2.95. The van der Waals surface area contributed by atoms with Crippen molar-refractivity contribution in [1.29, 1.82) is 0 Å². The van der Waals surface area contributed by atoms with Gasteiger partial charge in [0.05, 0.1) is 11.7 Å². The third kappa shape index (κ3) is 3.67. The van der Waals surface area contributed by atoms with E-state index in [1.807, 2.05) is 0 Å². The average molecular weight is 240 g/mol. The Balaban J connectivity index is 1.74. The molecule has 2 aliphatic rings. The minimum atomic E-state index is 0.239. The Kier molecular flexibility index (Phi) is 4.83. The summed E-state index contributed by atoms with van der Waals surface area (Å²) in [6.07, 6.45) is 8.09. The van der Waals surface area contributed by atoms with Gasteiger partial charge in [-0.1, -0.05) is 6.92 Å². The maximum absolute atomic E-state index is 6.44. The van der Waals surface area contributed by atoms with Crippen LogP contribution in [0.3, 0.4) is 0 Å². The normalized spacial score (nSPS) is 25.8. The number of nitrogens with one attached hydrogen (secondary N) is 1. The van der Waals surface area contributed by atoms with Crippen LogP contribution in [0.1, 0.15) is 45.4 Å². The Morgan fingerprint density at radius 3 is 2.53 bits per heavy atom. The monoisotopic (exact) mass is 240 g/mol. The number of rotatable bonds is 6. The van der Waals surface area contributed by atoms with Gasteiger partial charge in [0.15, 0.2) is 0 Å². The van der Waals surface area contributed by atoms with E-state index in [-0.39, 0.29) is 5.60 Å². The van der Waals surface area contributed by atoms with E-state index in [1.54, 1.807) is 0 Å². The van der Waals surface area contributed by atoms with Crippen molar-refractivity contribution < 1.29 is 4.74 Å². The molecule has 3 nitrogen and oxygen atoms in total. The lowest BCUT2D eigenvalue weighted by Crippen LogP contribution is -2.47. The van der Waals surface area contributed by atoms with Crippen LogP contribution in [0.2, 0.25) is 0 Å². The van der Waals surface area contributed by atoms with Gasteiger partial charge in [0.25, 0.3) is 0 Å². The largest absolute Gasteiger partial charge is 0.372 e. The zero-order chi connectivity index (χ0) is 12.1. The second-order valence-corrected chi connectivity index (χ2v) is 5.76. The highest BCUT2D eigenvalue weighted by molar-refractivity contribution is 4.92. The zero-order valence-electron chi connectivity index (χ0n) is 11.5. The molecule has 0 aromatic heterocycles. The molecule has 0 unspecified atom stereocenters. The van der Waals surface area contributed by atoms with E-state index in [9.17, 15) is 0 Å². The number of ether oxygens (including phenoxy) is 1. The summed E-state index contributed by atoms with van der Waals surface area (Å²) < 4.78 is 6.44. The Morgan fingerprint density at radius 1 is 1.29 bits per heavy atom. The lowest BCUT2D eigenvalue weighted by molar-refractivity contribution is -0.154. The SMILES string of the molecule is CCNCCC1(OC2CCN(C)CC2)CCC1. The van der Waals surface area contributed by atoms with E-state index in [0.29, 0.717) is 6.10 Å². The van der Waals surface area contributed by atoms with Crippen LogP contribution in [0.15, 0.2) is 0 Å². The predicted molar refractivity (Wildman–Crippen MR) is 71.3 cm³/mol. The van der Waals surface area contributed by atoms with Gasteiger partial charge in [-0.25, -0.2) is 0 Å². The van der Waals surface area contributed by atoms with Gasteiger partial charge in [-0.05, 0) is 58.7 Å². The molecule has 3 heteroatoms. The van der Waals surface area contributed by atoms with Gasteiger partial charge in [-0.3, -0.25) is 0 Å². The molecule has 0 bridgehead atoms. The number of hydrogen-bond donors (Lipinski definition) is 1. The molecule has 17 heavy (non-hydrogen) atoms. The lowest BCUT2D eigenvalue weighted by atomic mass is 9.77. The van der Waals surface area contributed by atoms with E-state index in [4.69, 9.17) is 4.74 Å². The smallest absolute Gasteiger partial charge is 0.0698 e. The van der Waals surface area contributed by atoms with Gasteiger partial charge >= 0.3 is 0 Å². The maximum atomic E-state index is 6.44. The molecule has 0 spiro atoms. The van der Waals surface area contributed by atoms with E-state index < -0.39 is 0 Å². The highest BCUT2D eigenvalue weighted by Gasteiger charge is 2.39. The second-order valence-electron chi connectivity index (χ2n) is 5.76. The van der Waals surface area contributed by atoms with Crippen LogP contribution in [0, 0.1) is 0 Å². The average Bonchev–Trinajstić information content (AvgIpc) is 2.29. The van der Waals surface area contributed by atoms with Crippen LogP contribution in [0.4, 0.5) is 0 Å². The molecule has 0 radical (unpaired) electrons. The molecular formula is C14H28N2O. The van der Waals surface area contributed by atoms with E-state index in [2.05, 4.69) is 24.2 Å². The van der Waals surface area contributed by atoms with Crippen molar-refractivity contribution >= 4 is 0 Å². The Labute approximate surface area is 106 Å². The molecule has 1 heterocycles. The van der Waals surface area contributed by atoms with Crippen molar-refractivity contribution in [1.82, 2.24) is 10.2 Å². The molecule has 1 saturated carbocycles. The summed E-state index contributed by atoms with van der Waals surface area (Å²) in [7, 11) is 2.21. The van der Waals surface area contributed by atoms with Gasteiger partial charge in [-0.2, -0.15) is 0 Å². The summed E-state index contributed by atoms with van der Waals surface area (Å²) in [4.78, 5) is 2.41. The van der Waals surface area contributed by atoms with Crippen molar-refractivity contribution in [3.05, 3.63) is 0 Å². The predicted octanol–water partition coefficient (Wildman–Crippen LogP) is 2.02. The summed E-state index contributed by atoms with van der Waals surface area (Å²) in [5.74, 6) is 0. The first kappa shape index (κ1) is 13.3. The van der Waals surface area contributed by atoms with Crippen molar-refractivity contribution in [2.24, 2.45) is 0 Å². The van der Waals surface area contributed by atoms with Crippen LogP contribution in [0.25, 0.3) is 0 Å². The summed E-state index contributed by atoms with van der Waals surface area (Å²) in [6.45, 7) is 6.76. The first-order chi connectivity index (χ1) is 8.24. The van der Waals surface area contributed by atoms with E-state index >= 15 is 0 Å². The quantitative estimate of drug-likeness (QED) is 0.719. The molecule has 0 atom stereocenters. The minimum Gasteiger partial charge on any atom is -0.372 e.